The Balaban J connectivity index is 2.21. The third kappa shape index (κ3) is 1.76. The van der Waals surface area contributed by atoms with Crippen molar-refractivity contribution >= 4 is 12.3 Å². The highest BCUT2D eigenvalue weighted by Crippen LogP contribution is 2.20. The van der Waals surface area contributed by atoms with Crippen molar-refractivity contribution in [3.63, 3.8) is 0 Å². The van der Waals surface area contributed by atoms with E-state index < -0.39 is 0 Å². The number of nitrogens with zero attached hydrogens (tertiary/aromatic N) is 3. The SMILES string of the molecule is [CH2]/C=C/c1ccc(C2C=NN=N2)cc1. The van der Waals surface area contributed by atoms with E-state index in [1.807, 2.05) is 30.3 Å². The minimum atomic E-state index is -0.00668. The zero-order chi connectivity index (χ0) is 9.80. The topological polar surface area (TPSA) is 37.1 Å². The summed E-state index contributed by atoms with van der Waals surface area (Å²) in [7, 11) is 0. The lowest BCUT2D eigenvalue weighted by atomic mass is 10.1. The van der Waals surface area contributed by atoms with Crippen molar-refractivity contribution in [2.24, 2.45) is 15.4 Å². The minimum absolute atomic E-state index is 0.00668. The van der Waals surface area contributed by atoms with Crippen LogP contribution in [0, 0.1) is 6.92 Å². The lowest BCUT2D eigenvalue weighted by Gasteiger charge is -2.02. The minimum Gasteiger partial charge on any atom is -0.155 e. The summed E-state index contributed by atoms with van der Waals surface area (Å²) in [5, 5.41) is 11.2. The predicted molar refractivity (Wildman–Crippen MR) is 56.9 cm³/mol. The van der Waals surface area contributed by atoms with Gasteiger partial charge in [-0.2, -0.15) is 5.11 Å². The average Bonchev–Trinajstić information content (AvgIpc) is 2.72. The van der Waals surface area contributed by atoms with Crippen molar-refractivity contribution in [1.29, 1.82) is 0 Å². The Kier molecular flexibility index (Phi) is 2.49. The number of hydrogen-bond donors (Lipinski definition) is 0. The van der Waals surface area contributed by atoms with Crippen LogP contribution in [0.2, 0.25) is 0 Å². The molecule has 1 radical (unpaired) electrons. The standard InChI is InChI=1S/C11H10N3/c1-2-3-9-4-6-10(7-5-9)11-8-12-14-13-11/h2-8,11H,1H2/b3-2+. The Morgan fingerprint density at radius 2 is 2.00 bits per heavy atom. The highest BCUT2D eigenvalue weighted by atomic mass is 15.4. The highest BCUT2D eigenvalue weighted by Gasteiger charge is 2.09. The fraction of sp³-hybridized carbons (Fsp3) is 0.0909. The van der Waals surface area contributed by atoms with E-state index in [1.54, 1.807) is 12.3 Å². The van der Waals surface area contributed by atoms with Gasteiger partial charge in [0, 0.05) is 0 Å². The third-order valence-corrected chi connectivity index (χ3v) is 2.02. The van der Waals surface area contributed by atoms with Gasteiger partial charge in [0.2, 0.25) is 0 Å². The molecule has 1 heterocycles. The molecular formula is C11H10N3. The molecule has 1 aliphatic rings. The molecule has 3 heteroatoms. The Hall–Kier alpha value is -1.77. The van der Waals surface area contributed by atoms with Crippen molar-refractivity contribution in [2.75, 3.05) is 0 Å². The third-order valence-electron chi connectivity index (χ3n) is 2.02. The van der Waals surface area contributed by atoms with E-state index in [1.165, 1.54) is 0 Å². The van der Waals surface area contributed by atoms with Crippen LogP contribution >= 0.6 is 0 Å². The molecule has 1 aliphatic heterocycles. The van der Waals surface area contributed by atoms with Crippen molar-refractivity contribution in [2.45, 2.75) is 6.04 Å². The molecule has 0 spiro atoms. The van der Waals surface area contributed by atoms with Crippen molar-refractivity contribution in [1.82, 2.24) is 0 Å². The number of allylic oxidation sites excluding steroid dienone is 1. The lowest BCUT2D eigenvalue weighted by Crippen LogP contribution is -1.92. The smallest absolute Gasteiger partial charge is 0.135 e. The Bertz CT molecular complexity index is 375. The van der Waals surface area contributed by atoms with Gasteiger partial charge in [-0.1, -0.05) is 36.4 Å². The van der Waals surface area contributed by atoms with Crippen LogP contribution in [0.4, 0.5) is 0 Å². The maximum atomic E-state index is 3.95. The maximum absolute atomic E-state index is 3.95. The fourth-order valence-electron chi connectivity index (χ4n) is 1.30. The molecule has 0 N–H and O–H groups in total. The predicted octanol–water partition coefficient (Wildman–Crippen LogP) is 3.03. The first kappa shape index (κ1) is 8.81. The molecule has 0 saturated heterocycles. The molecular weight excluding hydrogens is 174 g/mol. The normalized spacial score (nSPS) is 19.6. The molecule has 69 valence electrons. The molecule has 0 amide bonds. The van der Waals surface area contributed by atoms with Crippen LogP contribution in [0.1, 0.15) is 17.2 Å². The number of hydrogen-bond acceptors (Lipinski definition) is 3. The molecule has 2 rings (SSSR count). The zero-order valence-corrected chi connectivity index (χ0v) is 7.67. The molecule has 0 fully saturated rings. The van der Waals surface area contributed by atoms with Crippen LogP contribution in [-0.2, 0) is 0 Å². The average molecular weight is 184 g/mol. The van der Waals surface area contributed by atoms with Crippen LogP contribution < -0.4 is 0 Å². The van der Waals surface area contributed by atoms with Gasteiger partial charge in [-0.3, -0.25) is 0 Å². The van der Waals surface area contributed by atoms with E-state index >= 15 is 0 Å². The van der Waals surface area contributed by atoms with E-state index in [0.717, 1.165) is 11.1 Å². The van der Waals surface area contributed by atoms with Gasteiger partial charge < -0.3 is 0 Å². The molecule has 0 saturated carbocycles. The molecule has 1 atom stereocenters. The van der Waals surface area contributed by atoms with Gasteiger partial charge in [-0.05, 0) is 23.3 Å². The second-order valence-corrected chi connectivity index (χ2v) is 2.98. The first-order valence-corrected chi connectivity index (χ1v) is 4.39. The maximum Gasteiger partial charge on any atom is 0.135 e. The summed E-state index contributed by atoms with van der Waals surface area (Å²) in [6.07, 6.45) is 5.45. The first-order chi connectivity index (χ1) is 6.90. The Morgan fingerprint density at radius 1 is 1.21 bits per heavy atom. The van der Waals surface area contributed by atoms with Gasteiger partial charge in [-0.25, -0.2) is 0 Å². The molecule has 0 aliphatic carbocycles. The molecule has 1 aromatic carbocycles. The fourth-order valence-corrected chi connectivity index (χ4v) is 1.30. The summed E-state index contributed by atoms with van der Waals surface area (Å²) in [6.45, 7) is 3.65. The van der Waals surface area contributed by atoms with E-state index in [-0.39, 0.29) is 6.04 Å². The van der Waals surface area contributed by atoms with Crippen LogP contribution in [0.15, 0.2) is 45.8 Å². The second-order valence-electron chi connectivity index (χ2n) is 2.98. The van der Waals surface area contributed by atoms with E-state index in [9.17, 15) is 0 Å². The highest BCUT2D eigenvalue weighted by molar-refractivity contribution is 5.68. The Morgan fingerprint density at radius 3 is 2.57 bits per heavy atom. The van der Waals surface area contributed by atoms with Gasteiger partial charge in [-0.15, -0.1) is 5.10 Å². The van der Waals surface area contributed by atoms with Crippen molar-refractivity contribution in [3.05, 3.63) is 48.4 Å². The first-order valence-electron chi connectivity index (χ1n) is 4.39. The monoisotopic (exact) mass is 184 g/mol. The van der Waals surface area contributed by atoms with E-state index in [4.69, 9.17) is 0 Å². The molecule has 1 unspecified atom stereocenters. The summed E-state index contributed by atoms with van der Waals surface area (Å²) >= 11 is 0. The zero-order valence-electron chi connectivity index (χ0n) is 7.67. The van der Waals surface area contributed by atoms with Gasteiger partial charge in [0.05, 0.1) is 6.21 Å². The quantitative estimate of drug-likeness (QED) is 0.677. The van der Waals surface area contributed by atoms with Crippen LogP contribution in [-0.4, -0.2) is 6.21 Å². The molecule has 3 nitrogen and oxygen atoms in total. The van der Waals surface area contributed by atoms with E-state index in [0.29, 0.717) is 0 Å². The summed E-state index contributed by atoms with van der Waals surface area (Å²) in [5.41, 5.74) is 2.24. The summed E-state index contributed by atoms with van der Waals surface area (Å²) in [4.78, 5) is 0. The molecule has 1 aromatic rings. The van der Waals surface area contributed by atoms with Crippen LogP contribution in [0.3, 0.4) is 0 Å². The van der Waals surface area contributed by atoms with Crippen LogP contribution in [0.25, 0.3) is 6.08 Å². The van der Waals surface area contributed by atoms with Gasteiger partial charge in [0.15, 0.2) is 0 Å². The molecule has 14 heavy (non-hydrogen) atoms. The summed E-state index contributed by atoms with van der Waals surface area (Å²) in [5.74, 6) is 0. The van der Waals surface area contributed by atoms with Gasteiger partial charge >= 0.3 is 0 Å². The van der Waals surface area contributed by atoms with Gasteiger partial charge in [0.1, 0.15) is 6.04 Å². The summed E-state index contributed by atoms with van der Waals surface area (Å²) < 4.78 is 0. The lowest BCUT2D eigenvalue weighted by molar-refractivity contribution is 0.907. The largest absolute Gasteiger partial charge is 0.155 e. The van der Waals surface area contributed by atoms with Gasteiger partial charge in [0.25, 0.3) is 0 Å². The van der Waals surface area contributed by atoms with Crippen molar-refractivity contribution in [3.8, 4) is 0 Å². The number of rotatable bonds is 2. The molecule has 0 bridgehead atoms. The van der Waals surface area contributed by atoms with Crippen LogP contribution in [0.5, 0.6) is 0 Å². The molecule has 0 aromatic heterocycles. The van der Waals surface area contributed by atoms with E-state index in [2.05, 4.69) is 22.4 Å². The Labute approximate surface area is 82.9 Å². The van der Waals surface area contributed by atoms with Crippen molar-refractivity contribution < 1.29 is 0 Å². The second kappa shape index (κ2) is 3.96. The number of benzene rings is 1. The summed E-state index contributed by atoms with van der Waals surface area (Å²) in [6, 6.07) is 8.09.